The Morgan fingerprint density at radius 1 is 1.50 bits per heavy atom. The molecule has 1 unspecified atom stereocenters. The summed E-state index contributed by atoms with van der Waals surface area (Å²) < 4.78 is 6.85. The summed E-state index contributed by atoms with van der Waals surface area (Å²) in [7, 11) is 0. The lowest BCUT2D eigenvalue weighted by molar-refractivity contribution is 0.262. The SMILES string of the molecule is CC(C)NCC1CCOc2cccc(Br)c21. The van der Waals surface area contributed by atoms with Crippen molar-refractivity contribution in [3.05, 3.63) is 28.2 Å². The molecule has 0 aromatic heterocycles. The molecule has 16 heavy (non-hydrogen) atoms. The van der Waals surface area contributed by atoms with E-state index in [2.05, 4.69) is 47.2 Å². The van der Waals surface area contributed by atoms with Crippen molar-refractivity contribution in [3.63, 3.8) is 0 Å². The zero-order valence-electron chi connectivity index (χ0n) is 9.79. The van der Waals surface area contributed by atoms with Crippen molar-refractivity contribution in [1.82, 2.24) is 5.32 Å². The first-order valence-electron chi connectivity index (χ1n) is 5.83. The third kappa shape index (κ3) is 2.58. The van der Waals surface area contributed by atoms with E-state index in [1.54, 1.807) is 0 Å². The Kier molecular flexibility index (Phi) is 3.87. The van der Waals surface area contributed by atoms with Gasteiger partial charge in [-0.1, -0.05) is 35.8 Å². The van der Waals surface area contributed by atoms with E-state index in [0.717, 1.165) is 25.3 Å². The molecule has 0 aliphatic carbocycles. The molecule has 1 aliphatic rings. The predicted molar refractivity (Wildman–Crippen MR) is 70.1 cm³/mol. The van der Waals surface area contributed by atoms with Crippen molar-refractivity contribution >= 4 is 15.9 Å². The Morgan fingerprint density at radius 3 is 3.06 bits per heavy atom. The van der Waals surface area contributed by atoms with Crippen LogP contribution in [0.2, 0.25) is 0 Å². The highest BCUT2D eigenvalue weighted by atomic mass is 79.9. The second-order valence-corrected chi connectivity index (χ2v) is 5.40. The van der Waals surface area contributed by atoms with E-state index in [1.807, 2.05) is 6.07 Å². The Hall–Kier alpha value is -0.540. The molecule has 1 heterocycles. The highest BCUT2D eigenvalue weighted by Crippen LogP contribution is 2.38. The normalized spacial score (nSPS) is 19.4. The maximum absolute atomic E-state index is 5.68. The van der Waals surface area contributed by atoms with Gasteiger partial charge in [0.25, 0.3) is 0 Å². The number of rotatable bonds is 3. The minimum Gasteiger partial charge on any atom is -0.493 e. The van der Waals surface area contributed by atoms with Crippen molar-refractivity contribution < 1.29 is 4.74 Å². The van der Waals surface area contributed by atoms with E-state index in [0.29, 0.717) is 12.0 Å². The van der Waals surface area contributed by atoms with E-state index in [1.165, 1.54) is 10.0 Å². The topological polar surface area (TPSA) is 21.3 Å². The lowest BCUT2D eigenvalue weighted by atomic mass is 9.93. The fraction of sp³-hybridized carbons (Fsp3) is 0.538. The number of hydrogen-bond donors (Lipinski definition) is 1. The van der Waals surface area contributed by atoms with Crippen LogP contribution in [0, 0.1) is 0 Å². The first kappa shape index (κ1) is 11.9. The molecule has 1 atom stereocenters. The van der Waals surface area contributed by atoms with E-state index in [4.69, 9.17) is 4.74 Å². The third-order valence-corrected chi connectivity index (χ3v) is 3.61. The van der Waals surface area contributed by atoms with E-state index >= 15 is 0 Å². The summed E-state index contributed by atoms with van der Waals surface area (Å²) in [6, 6.07) is 6.72. The number of fused-ring (bicyclic) bond motifs is 1. The molecule has 1 N–H and O–H groups in total. The van der Waals surface area contributed by atoms with E-state index in [9.17, 15) is 0 Å². The quantitative estimate of drug-likeness (QED) is 0.919. The fourth-order valence-electron chi connectivity index (χ4n) is 2.08. The maximum Gasteiger partial charge on any atom is 0.123 e. The average Bonchev–Trinajstić information content (AvgIpc) is 2.26. The van der Waals surface area contributed by atoms with Gasteiger partial charge in [-0.3, -0.25) is 0 Å². The molecule has 88 valence electrons. The summed E-state index contributed by atoms with van der Waals surface area (Å²) in [5, 5.41) is 3.51. The van der Waals surface area contributed by atoms with Gasteiger partial charge < -0.3 is 10.1 Å². The van der Waals surface area contributed by atoms with Crippen LogP contribution in [0.5, 0.6) is 5.75 Å². The molecule has 1 aromatic carbocycles. The smallest absolute Gasteiger partial charge is 0.123 e. The number of benzene rings is 1. The Bertz CT molecular complexity index is 365. The van der Waals surface area contributed by atoms with Gasteiger partial charge in [-0.05, 0) is 18.6 Å². The van der Waals surface area contributed by atoms with Crippen molar-refractivity contribution in [2.45, 2.75) is 32.2 Å². The van der Waals surface area contributed by atoms with Gasteiger partial charge in [0.05, 0.1) is 6.61 Å². The fourth-order valence-corrected chi connectivity index (χ4v) is 2.75. The summed E-state index contributed by atoms with van der Waals surface area (Å²) in [4.78, 5) is 0. The van der Waals surface area contributed by atoms with E-state index < -0.39 is 0 Å². The van der Waals surface area contributed by atoms with Gasteiger partial charge in [-0.25, -0.2) is 0 Å². The van der Waals surface area contributed by atoms with Crippen molar-refractivity contribution in [1.29, 1.82) is 0 Å². The number of nitrogens with one attached hydrogen (secondary N) is 1. The van der Waals surface area contributed by atoms with Crippen LogP contribution in [0.1, 0.15) is 31.7 Å². The van der Waals surface area contributed by atoms with Crippen LogP contribution in [0.15, 0.2) is 22.7 Å². The Balaban J connectivity index is 2.18. The summed E-state index contributed by atoms with van der Waals surface area (Å²) in [5.74, 6) is 1.60. The summed E-state index contributed by atoms with van der Waals surface area (Å²) in [6.07, 6.45) is 1.09. The maximum atomic E-state index is 5.68. The third-order valence-electron chi connectivity index (χ3n) is 2.92. The molecule has 3 heteroatoms. The molecule has 1 aromatic rings. The van der Waals surface area contributed by atoms with Crippen molar-refractivity contribution in [2.24, 2.45) is 0 Å². The minimum atomic E-state index is 0.536. The highest BCUT2D eigenvalue weighted by molar-refractivity contribution is 9.10. The van der Waals surface area contributed by atoms with Crippen LogP contribution in [0.25, 0.3) is 0 Å². The predicted octanol–water partition coefficient (Wildman–Crippen LogP) is 3.31. The number of halogens is 1. The molecule has 0 bridgehead atoms. The molecule has 0 fully saturated rings. The summed E-state index contributed by atoms with van der Waals surface area (Å²) in [5.41, 5.74) is 1.32. The number of ether oxygens (including phenoxy) is 1. The van der Waals surface area contributed by atoms with Crippen molar-refractivity contribution in [3.8, 4) is 5.75 Å². The van der Waals surface area contributed by atoms with Crippen LogP contribution in [0.4, 0.5) is 0 Å². The molecule has 0 amide bonds. The van der Waals surface area contributed by atoms with E-state index in [-0.39, 0.29) is 0 Å². The molecular formula is C13H18BrNO. The largest absolute Gasteiger partial charge is 0.493 e. The summed E-state index contributed by atoms with van der Waals surface area (Å²) in [6.45, 7) is 6.21. The molecule has 0 saturated heterocycles. The van der Waals surface area contributed by atoms with Crippen LogP contribution < -0.4 is 10.1 Å². The highest BCUT2D eigenvalue weighted by Gasteiger charge is 2.23. The van der Waals surface area contributed by atoms with Crippen LogP contribution >= 0.6 is 15.9 Å². The van der Waals surface area contributed by atoms with Gasteiger partial charge >= 0.3 is 0 Å². The lowest BCUT2D eigenvalue weighted by Crippen LogP contribution is -2.30. The lowest BCUT2D eigenvalue weighted by Gasteiger charge is -2.27. The molecule has 2 nitrogen and oxygen atoms in total. The average molecular weight is 284 g/mol. The molecule has 0 spiro atoms. The standard InChI is InChI=1S/C13H18BrNO/c1-9(2)15-8-10-6-7-16-12-5-3-4-11(14)13(10)12/h3-5,9-10,15H,6-8H2,1-2H3. The molecule has 0 saturated carbocycles. The van der Waals surface area contributed by atoms with Crippen LogP contribution in [0.3, 0.4) is 0 Å². The van der Waals surface area contributed by atoms with Gasteiger partial charge in [0.2, 0.25) is 0 Å². The van der Waals surface area contributed by atoms with Crippen LogP contribution in [-0.4, -0.2) is 19.2 Å². The monoisotopic (exact) mass is 283 g/mol. The van der Waals surface area contributed by atoms with Gasteiger partial charge in [0.1, 0.15) is 5.75 Å². The zero-order valence-corrected chi connectivity index (χ0v) is 11.4. The first-order valence-corrected chi connectivity index (χ1v) is 6.62. The van der Waals surface area contributed by atoms with Crippen LogP contribution in [-0.2, 0) is 0 Å². The molecule has 1 aliphatic heterocycles. The molecule has 2 rings (SSSR count). The van der Waals surface area contributed by atoms with Gasteiger partial charge in [0, 0.05) is 28.5 Å². The second-order valence-electron chi connectivity index (χ2n) is 4.55. The van der Waals surface area contributed by atoms with Gasteiger partial charge in [-0.15, -0.1) is 0 Å². The minimum absolute atomic E-state index is 0.536. The second kappa shape index (κ2) is 5.19. The zero-order chi connectivity index (χ0) is 11.5. The Morgan fingerprint density at radius 2 is 2.31 bits per heavy atom. The molecular weight excluding hydrogens is 266 g/mol. The Labute approximate surface area is 106 Å². The number of hydrogen-bond acceptors (Lipinski definition) is 2. The summed E-state index contributed by atoms with van der Waals surface area (Å²) >= 11 is 3.62. The van der Waals surface area contributed by atoms with Gasteiger partial charge in [0.15, 0.2) is 0 Å². The van der Waals surface area contributed by atoms with Crippen molar-refractivity contribution in [2.75, 3.05) is 13.2 Å². The molecule has 0 radical (unpaired) electrons. The van der Waals surface area contributed by atoms with Gasteiger partial charge in [-0.2, -0.15) is 0 Å². The first-order chi connectivity index (χ1) is 7.68.